The van der Waals surface area contributed by atoms with Gasteiger partial charge in [0, 0.05) is 18.8 Å². The van der Waals surface area contributed by atoms with Gasteiger partial charge in [-0.05, 0) is 32.4 Å². The molecule has 2 aromatic heterocycles. The topological polar surface area (TPSA) is 92.7 Å². The van der Waals surface area contributed by atoms with E-state index < -0.39 is 15.6 Å². The predicted octanol–water partition coefficient (Wildman–Crippen LogP) is 1.43. The van der Waals surface area contributed by atoms with Crippen molar-refractivity contribution in [3.63, 3.8) is 0 Å². The molecule has 8 heteroatoms. The molecular formula is C13H21N5O2S. The molecule has 0 saturated carbocycles. The van der Waals surface area contributed by atoms with Gasteiger partial charge in [-0.25, -0.2) is 19.2 Å². The number of fused-ring (bicyclic) bond motifs is 1. The highest BCUT2D eigenvalue weighted by molar-refractivity contribution is 7.89. The van der Waals surface area contributed by atoms with Crippen molar-refractivity contribution in [2.24, 2.45) is 5.84 Å². The lowest BCUT2D eigenvalue weighted by Crippen LogP contribution is -2.44. The molecule has 2 heterocycles. The van der Waals surface area contributed by atoms with E-state index in [-0.39, 0.29) is 10.8 Å². The van der Waals surface area contributed by atoms with Gasteiger partial charge in [-0.3, -0.25) is 4.40 Å². The Kier molecular flexibility index (Phi) is 3.96. The van der Waals surface area contributed by atoms with Gasteiger partial charge in [-0.2, -0.15) is 4.31 Å². The molecule has 0 spiro atoms. The number of rotatable bonds is 5. The number of anilines is 1. The standard InChI is InChI=1S/C13H21N5O2S/c1-5-13(2,3)17(4)21(19,20)12-11(16-14)15-10-8-6-7-9-18(10)12/h6-9,16H,5,14H2,1-4H3. The summed E-state index contributed by atoms with van der Waals surface area (Å²) in [5.74, 6) is 5.58. The maximum absolute atomic E-state index is 13.0. The van der Waals surface area contributed by atoms with E-state index in [2.05, 4.69) is 10.4 Å². The van der Waals surface area contributed by atoms with Crippen LogP contribution in [-0.4, -0.2) is 34.7 Å². The smallest absolute Gasteiger partial charge is 0.263 e. The van der Waals surface area contributed by atoms with Gasteiger partial charge in [0.1, 0.15) is 5.65 Å². The van der Waals surface area contributed by atoms with Crippen molar-refractivity contribution in [1.29, 1.82) is 0 Å². The van der Waals surface area contributed by atoms with Crippen LogP contribution in [0.4, 0.5) is 5.82 Å². The van der Waals surface area contributed by atoms with Gasteiger partial charge in [-0.1, -0.05) is 13.0 Å². The van der Waals surface area contributed by atoms with E-state index >= 15 is 0 Å². The summed E-state index contributed by atoms with van der Waals surface area (Å²) in [7, 11) is -2.17. The summed E-state index contributed by atoms with van der Waals surface area (Å²) in [5, 5.41) is 0.0459. The van der Waals surface area contributed by atoms with Crippen molar-refractivity contribution in [3.8, 4) is 0 Å². The SMILES string of the molecule is CCC(C)(C)N(C)S(=O)(=O)c1c(NN)nc2ccccn12. The van der Waals surface area contributed by atoms with Crippen LogP contribution in [0.15, 0.2) is 29.4 Å². The molecule has 116 valence electrons. The Morgan fingerprint density at radius 3 is 2.67 bits per heavy atom. The quantitative estimate of drug-likeness (QED) is 0.643. The lowest BCUT2D eigenvalue weighted by atomic mass is 10.0. The van der Waals surface area contributed by atoms with Crippen LogP contribution in [-0.2, 0) is 10.0 Å². The second kappa shape index (κ2) is 5.28. The van der Waals surface area contributed by atoms with E-state index in [4.69, 9.17) is 5.84 Å². The highest BCUT2D eigenvalue weighted by Gasteiger charge is 2.36. The number of nitrogens with zero attached hydrogens (tertiary/aromatic N) is 3. The fourth-order valence-corrected chi connectivity index (χ4v) is 3.78. The van der Waals surface area contributed by atoms with Crippen LogP contribution in [0.3, 0.4) is 0 Å². The average Bonchev–Trinajstić information content (AvgIpc) is 2.85. The number of sulfonamides is 1. The first kappa shape index (κ1) is 15.7. The number of pyridine rings is 1. The van der Waals surface area contributed by atoms with Crippen LogP contribution in [0.25, 0.3) is 5.65 Å². The fourth-order valence-electron chi connectivity index (χ4n) is 1.99. The molecule has 0 unspecified atom stereocenters. The zero-order valence-corrected chi connectivity index (χ0v) is 13.5. The molecule has 3 N–H and O–H groups in total. The Hall–Kier alpha value is -1.64. The largest absolute Gasteiger partial charge is 0.306 e. The second-order valence-electron chi connectivity index (χ2n) is 5.48. The summed E-state index contributed by atoms with van der Waals surface area (Å²) >= 11 is 0. The Morgan fingerprint density at radius 1 is 1.43 bits per heavy atom. The Labute approximate surface area is 124 Å². The minimum Gasteiger partial charge on any atom is -0.306 e. The minimum absolute atomic E-state index is 0.0459. The predicted molar refractivity (Wildman–Crippen MR) is 82.3 cm³/mol. The molecule has 0 aliphatic heterocycles. The number of nitrogens with two attached hydrogens (primary N) is 1. The number of nitrogens with one attached hydrogen (secondary N) is 1. The van der Waals surface area contributed by atoms with E-state index in [1.807, 2.05) is 20.8 Å². The van der Waals surface area contributed by atoms with Gasteiger partial charge in [0.25, 0.3) is 10.0 Å². The van der Waals surface area contributed by atoms with Crippen LogP contribution in [0.1, 0.15) is 27.2 Å². The maximum Gasteiger partial charge on any atom is 0.263 e. The first-order chi connectivity index (χ1) is 9.75. The molecule has 0 aliphatic carbocycles. The average molecular weight is 311 g/mol. The summed E-state index contributed by atoms with van der Waals surface area (Å²) in [6, 6.07) is 5.27. The molecular weight excluding hydrogens is 290 g/mol. The zero-order valence-electron chi connectivity index (χ0n) is 12.7. The Morgan fingerprint density at radius 2 is 2.10 bits per heavy atom. The summed E-state index contributed by atoms with van der Waals surface area (Å²) in [6.07, 6.45) is 2.34. The number of aromatic nitrogens is 2. The zero-order chi connectivity index (χ0) is 15.8. The number of hydrogen-bond acceptors (Lipinski definition) is 5. The number of hydrogen-bond donors (Lipinski definition) is 2. The lowest BCUT2D eigenvalue weighted by Gasteiger charge is -2.33. The molecule has 7 nitrogen and oxygen atoms in total. The van der Waals surface area contributed by atoms with E-state index in [0.717, 1.165) is 0 Å². The third-order valence-corrected chi connectivity index (χ3v) is 6.04. The highest BCUT2D eigenvalue weighted by Crippen LogP contribution is 2.29. The number of hydrazine groups is 1. The molecule has 2 aromatic rings. The number of imidazole rings is 1. The van der Waals surface area contributed by atoms with Crippen molar-refractivity contribution in [2.75, 3.05) is 12.5 Å². The van der Waals surface area contributed by atoms with E-state index in [1.165, 1.54) is 8.71 Å². The van der Waals surface area contributed by atoms with Crippen LogP contribution in [0, 0.1) is 0 Å². The molecule has 0 fully saturated rings. The van der Waals surface area contributed by atoms with Crippen molar-refractivity contribution in [1.82, 2.24) is 13.7 Å². The third-order valence-electron chi connectivity index (χ3n) is 3.95. The van der Waals surface area contributed by atoms with E-state index in [1.54, 1.807) is 31.4 Å². The van der Waals surface area contributed by atoms with Crippen LogP contribution < -0.4 is 11.3 Å². The van der Waals surface area contributed by atoms with Crippen LogP contribution >= 0.6 is 0 Å². The fraction of sp³-hybridized carbons (Fsp3) is 0.462. The molecule has 0 atom stereocenters. The van der Waals surface area contributed by atoms with Gasteiger partial charge in [0.05, 0.1) is 0 Å². The highest BCUT2D eigenvalue weighted by atomic mass is 32.2. The molecule has 0 aliphatic rings. The minimum atomic E-state index is -3.74. The molecule has 0 aromatic carbocycles. The summed E-state index contributed by atoms with van der Waals surface area (Å²) in [6.45, 7) is 5.70. The van der Waals surface area contributed by atoms with Gasteiger partial charge in [0.2, 0.25) is 5.03 Å². The monoisotopic (exact) mass is 311 g/mol. The second-order valence-corrected chi connectivity index (χ2v) is 7.36. The summed E-state index contributed by atoms with van der Waals surface area (Å²) < 4.78 is 28.8. The lowest BCUT2D eigenvalue weighted by molar-refractivity contribution is 0.256. The molecule has 2 rings (SSSR count). The van der Waals surface area contributed by atoms with Crippen molar-refractivity contribution < 1.29 is 8.42 Å². The Balaban J connectivity index is 2.70. The summed E-state index contributed by atoms with van der Waals surface area (Å²) in [5.41, 5.74) is 2.39. The summed E-state index contributed by atoms with van der Waals surface area (Å²) in [4.78, 5) is 4.21. The molecule has 0 bridgehead atoms. The van der Waals surface area contributed by atoms with Crippen LogP contribution in [0.2, 0.25) is 0 Å². The van der Waals surface area contributed by atoms with Gasteiger partial charge in [-0.15, -0.1) is 0 Å². The van der Waals surface area contributed by atoms with Gasteiger partial charge >= 0.3 is 0 Å². The van der Waals surface area contributed by atoms with Crippen molar-refractivity contribution >= 4 is 21.5 Å². The van der Waals surface area contributed by atoms with Crippen molar-refractivity contribution in [3.05, 3.63) is 24.4 Å². The molecule has 0 radical (unpaired) electrons. The maximum atomic E-state index is 13.0. The third kappa shape index (κ3) is 2.50. The molecule has 0 amide bonds. The van der Waals surface area contributed by atoms with E-state index in [0.29, 0.717) is 12.1 Å². The van der Waals surface area contributed by atoms with Crippen LogP contribution in [0.5, 0.6) is 0 Å². The first-order valence-electron chi connectivity index (χ1n) is 6.68. The van der Waals surface area contributed by atoms with Gasteiger partial charge < -0.3 is 5.43 Å². The normalized spacial score (nSPS) is 13.0. The molecule has 21 heavy (non-hydrogen) atoms. The first-order valence-corrected chi connectivity index (χ1v) is 8.12. The molecule has 0 saturated heterocycles. The van der Waals surface area contributed by atoms with Gasteiger partial charge in [0.15, 0.2) is 5.82 Å². The number of nitrogen functional groups attached to an aromatic ring is 1. The van der Waals surface area contributed by atoms with Crippen molar-refractivity contribution in [2.45, 2.75) is 37.8 Å². The van der Waals surface area contributed by atoms with E-state index in [9.17, 15) is 8.42 Å². The Bertz CT molecular complexity index is 751.